The molecule has 1 unspecified atom stereocenters. The van der Waals surface area contributed by atoms with Crippen molar-refractivity contribution < 1.29 is 32.7 Å². The van der Waals surface area contributed by atoms with Crippen molar-refractivity contribution in [2.24, 2.45) is 0 Å². The Morgan fingerprint density at radius 1 is 1.09 bits per heavy atom. The predicted molar refractivity (Wildman–Crippen MR) is 123 cm³/mol. The van der Waals surface area contributed by atoms with Gasteiger partial charge in [0.15, 0.2) is 5.78 Å². The monoisotopic (exact) mass is 518 g/mol. The number of halogens is 1. The van der Waals surface area contributed by atoms with Crippen LogP contribution in [0.2, 0.25) is 5.02 Å². The molecule has 13 heteroatoms. The van der Waals surface area contributed by atoms with Crippen LogP contribution in [-0.4, -0.2) is 55.1 Å². The van der Waals surface area contributed by atoms with Crippen LogP contribution in [0.5, 0.6) is 0 Å². The van der Waals surface area contributed by atoms with Gasteiger partial charge in [-0.2, -0.15) is 0 Å². The number of ketones is 1. The number of Topliss-reactive ketones (excluding diaryl/α,β-unsaturated/α-hetero) is 1. The Morgan fingerprint density at radius 3 is 2.31 bits per heavy atom. The van der Waals surface area contributed by atoms with E-state index in [9.17, 15) is 27.6 Å². The Balaban J connectivity index is 2.01. The zero-order valence-electron chi connectivity index (χ0n) is 16.7. The van der Waals surface area contributed by atoms with Crippen LogP contribution in [0, 0.1) is 0 Å². The van der Waals surface area contributed by atoms with Gasteiger partial charge in [-0.1, -0.05) is 29.8 Å². The van der Waals surface area contributed by atoms with Crippen LogP contribution < -0.4 is 10.0 Å². The molecule has 9 nitrogen and oxygen atoms in total. The van der Waals surface area contributed by atoms with Gasteiger partial charge >= 0.3 is 5.97 Å². The first-order chi connectivity index (χ1) is 15.0. The van der Waals surface area contributed by atoms with Crippen LogP contribution in [0.1, 0.15) is 31.3 Å². The summed E-state index contributed by atoms with van der Waals surface area (Å²) in [6, 6.07) is 8.39. The number of sulfonamides is 1. The Morgan fingerprint density at radius 2 is 1.72 bits per heavy atom. The largest absolute Gasteiger partial charge is 0.481 e. The summed E-state index contributed by atoms with van der Waals surface area (Å²) in [5, 5.41) is 12.0. The fourth-order valence-corrected chi connectivity index (χ4v) is 5.00. The SMILES string of the molecule is CS(=O)(=O)NC(=O)c1ccc(C(=O)NC(CC(=O)O)C(=O)CSCc2ccccc2Cl)s1. The number of carboxylic acid groups (broad SMARTS) is 1. The highest BCUT2D eigenvalue weighted by Crippen LogP contribution is 2.21. The molecule has 0 aliphatic heterocycles. The number of carbonyl (C=O) groups is 4. The van der Waals surface area contributed by atoms with Gasteiger partial charge in [0.1, 0.15) is 0 Å². The smallest absolute Gasteiger partial charge is 0.305 e. The Labute approximate surface area is 197 Å². The average molecular weight is 519 g/mol. The van der Waals surface area contributed by atoms with Crippen molar-refractivity contribution in [2.45, 2.75) is 18.2 Å². The van der Waals surface area contributed by atoms with Crippen molar-refractivity contribution in [3.8, 4) is 0 Å². The maximum Gasteiger partial charge on any atom is 0.305 e. The number of carbonyl (C=O) groups excluding carboxylic acids is 3. The first-order valence-corrected chi connectivity index (χ1v) is 13.2. The summed E-state index contributed by atoms with van der Waals surface area (Å²) >= 11 is 8.02. The highest BCUT2D eigenvalue weighted by molar-refractivity contribution is 7.99. The third-order valence-corrected chi connectivity index (χ3v) is 6.88. The molecule has 0 spiro atoms. The second-order valence-corrected chi connectivity index (χ2v) is 10.8. The first kappa shape index (κ1) is 25.8. The molecule has 0 bridgehead atoms. The Bertz CT molecular complexity index is 1130. The summed E-state index contributed by atoms with van der Waals surface area (Å²) < 4.78 is 24.1. The highest BCUT2D eigenvalue weighted by Gasteiger charge is 2.25. The van der Waals surface area contributed by atoms with Crippen LogP contribution in [0.15, 0.2) is 36.4 Å². The molecule has 32 heavy (non-hydrogen) atoms. The summed E-state index contributed by atoms with van der Waals surface area (Å²) in [5.74, 6) is -3.00. The third kappa shape index (κ3) is 8.26. The molecule has 0 aliphatic rings. The van der Waals surface area contributed by atoms with Gasteiger partial charge in [0.2, 0.25) is 10.0 Å². The lowest BCUT2D eigenvalue weighted by Crippen LogP contribution is -2.43. The summed E-state index contributed by atoms with van der Waals surface area (Å²) in [6.07, 6.45) is 0.210. The van der Waals surface area contributed by atoms with Gasteiger partial charge in [-0.05, 0) is 23.8 Å². The average Bonchev–Trinajstić information content (AvgIpc) is 3.18. The number of amides is 2. The highest BCUT2D eigenvalue weighted by atomic mass is 35.5. The molecule has 2 aromatic rings. The molecule has 0 aliphatic carbocycles. The summed E-state index contributed by atoms with van der Waals surface area (Å²) in [4.78, 5) is 48.0. The molecule has 1 aromatic carbocycles. The number of carboxylic acids is 1. The molecular weight excluding hydrogens is 500 g/mol. The standard InChI is InChI=1S/C19H19ClN2O7S3/c1-32(28,29)22-19(27)16-7-6-15(31-16)18(26)21-13(8-17(24)25)14(23)10-30-9-11-4-2-3-5-12(11)20/h2-7,13H,8-10H2,1H3,(H,21,26)(H,22,27)(H,24,25). The molecule has 1 aromatic heterocycles. The Hall–Kier alpha value is -2.41. The molecule has 2 rings (SSSR count). The van der Waals surface area contributed by atoms with Crippen molar-refractivity contribution in [3.63, 3.8) is 0 Å². The molecule has 3 N–H and O–H groups in total. The maximum atomic E-state index is 12.5. The lowest BCUT2D eigenvalue weighted by Gasteiger charge is -2.15. The summed E-state index contributed by atoms with van der Waals surface area (Å²) in [6.45, 7) is 0. The van der Waals surface area contributed by atoms with E-state index >= 15 is 0 Å². The number of rotatable bonds is 11. The number of thiophene rings is 1. The Kier molecular flexibility index (Phi) is 9.25. The number of thioether (sulfide) groups is 1. The lowest BCUT2D eigenvalue weighted by molar-refractivity contribution is -0.139. The quantitative estimate of drug-likeness (QED) is 0.410. The first-order valence-electron chi connectivity index (χ1n) is 8.94. The minimum Gasteiger partial charge on any atom is -0.481 e. The molecule has 1 heterocycles. The normalized spacial score (nSPS) is 12.1. The van der Waals surface area contributed by atoms with E-state index < -0.39 is 46.1 Å². The lowest BCUT2D eigenvalue weighted by atomic mass is 10.1. The molecule has 0 saturated heterocycles. The minimum atomic E-state index is -3.77. The van der Waals surface area contributed by atoms with E-state index in [1.165, 1.54) is 23.9 Å². The van der Waals surface area contributed by atoms with Crippen molar-refractivity contribution in [3.05, 3.63) is 56.7 Å². The number of hydrogen-bond acceptors (Lipinski definition) is 8. The fourth-order valence-electron chi connectivity index (χ4n) is 2.43. The molecular formula is C19H19ClN2O7S3. The van der Waals surface area contributed by atoms with Crippen LogP contribution >= 0.6 is 34.7 Å². The van der Waals surface area contributed by atoms with Crippen LogP contribution in [0.4, 0.5) is 0 Å². The number of aliphatic carboxylic acids is 1. The number of nitrogens with one attached hydrogen (secondary N) is 2. The molecule has 0 fully saturated rings. The van der Waals surface area contributed by atoms with E-state index in [4.69, 9.17) is 16.7 Å². The third-order valence-electron chi connectivity index (χ3n) is 3.86. The zero-order chi connectivity index (χ0) is 23.9. The van der Waals surface area contributed by atoms with E-state index in [2.05, 4.69) is 5.32 Å². The molecule has 2 amide bonds. The predicted octanol–water partition coefficient (Wildman–Crippen LogP) is 2.17. The summed E-state index contributed by atoms with van der Waals surface area (Å²) in [7, 11) is -3.77. The van der Waals surface area contributed by atoms with E-state index in [-0.39, 0.29) is 15.5 Å². The van der Waals surface area contributed by atoms with E-state index in [0.717, 1.165) is 11.8 Å². The van der Waals surface area contributed by atoms with Crippen molar-refractivity contribution in [2.75, 3.05) is 12.0 Å². The zero-order valence-corrected chi connectivity index (χ0v) is 19.9. The topological polar surface area (TPSA) is 147 Å². The van der Waals surface area contributed by atoms with Crippen LogP contribution in [0.3, 0.4) is 0 Å². The molecule has 1 atom stereocenters. The summed E-state index contributed by atoms with van der Waals surface area (Å²) in [5.41, 5.74) is 0.823. The molecule has 0 radical (unpaired) electrons. The fraction of sp³-hybridized carbons (Fsp3) is 0.263. The second kappa shape index (κ2) is 11.5. The van der Waals surface area contributed by atoms with Crippen molar-refractivity contribution >= 4 is 68.3 Å². The molecule has 172 valence electrons. The van der Waals surface area contributed by atoms with Gasteiger partial charge in [0, 0.05) is 10.8 Å². The van der Waals surface area contributed by atoms with Crippen LogP contribution in [-0.2, 0) is 25.4 Å². The van der Waals surface area contributed by atoms with Gasteiger partial charge in [0.05, 0.1) is 34.2 Å². The van der Waals surface area contributed by atoms with Gasteiger partial charge in [-0.15, -0.1) is 23.1 Å². The van der Waals surface area contributed by atoms with E-state index in [1.807, 2.05) is 12.1 Å². The van der Waals surface area contributed by atoms with Crippen molar-refractivity contribution in [1.82, 2.24) is 10.0 Å². The van der Waals surface area contributed by atoms with Gasteiger partial charge in [-0.25, -0.2) is 13.1 Å². The maximum absolute atomic E-state index is 12.5. The number of hydrogen-bond donors (Lipinski definition) is 3. The number of benzene rings is 1. The second-order valence-electron chi connectivity index (χ2n) is 6.54. The van der Waals surface area contributed by atoms with Gasteiger partial charge < -0.3 is 10.4 Å². The van der Waals surface area contributed by atoms with E-state index in [1.54, 1.807) is 16.9 Å². The van der Waals surface area contributed by atoms with Gasteiger partial charge in [0.25, 0.3) is 11.8 Å². The van der Waals surface area contributed by atoms with Crippen LogP contribution in [0.25, 0.3) is 0 Å². The van der Waals surface area contributed by atoms with Gasteiger partial charge in [-0.3, -0.25) is 19.2 Å². The minimum absolute atomic E-state index is 0.0237. The van der Waals surface area contributed by atoms with Crippen molar-refractivity contribution in [1.29, 1.82) is 0 Å². The van der Waals surface area contributed by atoms with E-state index in [0.29, 0.717) is 22.1 Å². The molecule has 0 saturated carbocycles.